The molecule has 0 spiro atoms. The van der Waals surface area contributed by atoms with Gasteiger partial charge in [0.1, 0.15) is 6.10 Å². The molecule has 1 aromatic carbocycles. The van der Waals surface area contributed by atoms with Crippen molar-refractivity contribution in [3.8, 4) is 11.1 Å². The van der Waals surface area contributed by atoms with E-state index in [0.717, 1.165) is 37.8 Å². The maximum atomic E-state index is 13.1. The monoisotopic (exact) mass is 578 g/mol. The van der Waals surface area contributed by atoms with Crippen LogP contribution in [0.5, 0.6) is 0 Å². The van der Waals surface area contributed by atoms with E-state index < -0.39 is 17.8 Å². The van der Waals surface area contributed by atoms with Gasteiger partial charge in [-0.3, -0.25) is 9.78 Å². The number of amides is 1. The van der Waals surface area contributed by atoms with Gasteiger partial charge in [-0.1, -0.05) is 24.3 Å². The molecule has 0 bridgehead atoms. The van der Waals surface area contributed by atoms with E-state index in [-0.39, 0.29) is 54.2 Å². The second-order valence-electron chi connectivity index (χ2n) is 10.8. The number of alkyl halides is 3. The van der Waals surface area contributed by atoms with Gasteiger partial charge in [0.25, 0.3) is 0 Å². The number of fused-ring (bicyclic) bond motifs is 2. The summed E-state index contributed by atoms with van der Waals surface area (Å²) in [6.07, 6.45) is 3.99. The average molecular weight is 579 g/mol. The molecular weight excluding hydrogens is 545 g/mol. The van der Waals surface area contributed by atoms with E-state index in [1.54, 1.807) is 31.3 Å². The van der Waals surface area contributed by atoms with Crippen LogP contribution in [0.4, 0.5) is 18.0 Å². The van der Waals surface area contributed by atoms with Crippen LogP contribution in [0.3, 0.4) is 0 Å². The van der Waals surface area contributed by atoms with Gasteiger partial charge in [0.05, 0.1) is 23.8 Å². The number of carbonyl (C=O) groups excluding carboxylic acids is 2. The Labute approximate surface area is 238 Å². The van der Waals surface area contributed by atoms with E-state index in [1.165, 1.54) is 6.07 Å². The number of esters is 1. The molecule has 7 atom stereocenters. The van der Waals surface area contributed by atoms with E-state index in [2.05, 4.69) is 16.4 Å². The first-order chi connectivity index (χ1) is 18.6. The number of benzene rings is 1. The molecule has 2 aliphatic carbocycles. The second kappa shape index (κ2) is 12.2. The second-order valence-corrected chi connectivity index (χ2v) is 10.8. The van der Waals surface area contributed by atoms with Crippen LogP contribution >= 0.6 is 12.4 Å². The van der Waals surface area contributed by atoms with Crippen LogP contribution in [0.2, 0.25) is 0 Å². The normalized spacial score (nSPS) is 29.6. The first-order valence-corrected chi connectivity index (χ1v) is 13.6. The predicted molar refractivity (Wildman–Crippen MR) is 146 cm³/mol. The number of hydrogen-bond donors (Lipinski definition) is 1. The minimum Gasteiger partial charge on any atom is -0.462 e. The van der Waals surface area contributed by atoms with Crippen molar-refractivity contribution in [2.75, 3.05) is 6.61 Å². The molecule has 0 unspecified atom stereocenters. The molecule has 1 aromatic heterocycles. The third-order valence-corrected chi connectivity index (χ3v) is 8.54. The molecule has 0 radical (unpaired) electrons. The lowest BCUT2D eigenvalue weighted by Crippen LogP contribution is -2.48. The fraction of sp³-hybridized carbons (Fsp3) is 0.500. The summed E-state index contributed by atoms with van der Waals surface area (Å²) in [5.74, 6) is 0.499. The molecule has 2 heterocycles. The molecule has 2 saturated carbocycles. The molecule has 3 fully saturated rings. The van der Waals surface area contributed by atoms with Gasteiger partial charge in [-0.25, -0.2) is 4.79 Å². The molecule has 1 aliphatic heterocycles. The number of pyridine rings is 1. The number of halogens is 4. The summed E-state index contributed by atoms with van der Waals surface area (Å²) in [4.78, 5) is 29.2. The molecule has 1 N–H and O–H groups in total. The van der Waals surface area contributed by atoms with E-state index in [1.807, 2.05) is 13.0 Å². The Bertz CT molecular complexity index is 1240. The lowest BCUT2D eigenvalue weighted by Gasteiger charge is -2.47. The van der Waals surface area contributed by atoms with Crippen molar-refractivity contribution in [1.29, 1.82) is 0 Å². The van der Waals surface area contributed by atoms with Gasteiger partial charge in [-0.05, 0) is 87.1 Å². The van der Waals surface area contributed by atoms with Crippen LogP contribution in [-0.2, 0) is 20.4 Å². The summed E-state index contributed by atoms with van der Waals surface area (Å²) < 4.78 is 50.1. The van der Waals surface area contributed by atoms with Gasteiger partial charge in [0.15, 0.2) is 0 Å². The zero-order valence-corrected chi connectivity index (χ0v) is 23.2. The standard InChI is InChI=1S/C30H33F3N2O4.ClH/c1-3-38-29(37)35-23-10-11-24-20(14-23)15-26-27(17(2)39-28(26)36)25(24)12-9-22-8-7-19(16-34-22)18-5-4-6-21(13-18)30(31,32)33;/h4-9,12-13,16-17,20,23-27H,3,10-11,14-15H2,1-2H3,(H,35,37);1H/b12-9+;/t17-,20+,23-,24-,25+,26-,27+;/m1./s1. The van der Waals surface area contributed by atoms with Gasteiger partial charge in [-0.2, -0.15) is 13.2 Å². The Morgan fingerprint density at radius 1 is 1.18 bits per heavy atom. The minimum absolute atomic E-state index is 0. The zero-order chi connectivity index (χ0) is 27.7. The first-order valence-electron chi connectivity index (χ1n) is 13.6. The summed E-state index contributed by atoms with van der Waals surface area (Å²) in [7, 11) is 0. The van der Waals surface area contributed by atoms with Crippen LogP contribution in [0.25, 0.3) is 17.2 Å². The lowest BCUT2D eigenvalue weighted by molar-refractivity contribution is -0.144. The summed E-state index contributed by atoms with van der Waals surface area (Å²) >= 11 is 0. The van der Waals surface area contributed by atoms with Crippen LogP contribution in [-0.4, -0.2) is 35.8 Å². The SMILES string of the molecule is CCOC(=O)N[C@@H]1CC[C@@H]2[C@@H](C1)C[C@H]1C(=O)O[C@H](C)[C@H]1[C@H]2/C=C/c1ccc(-c2cccc(C(F)(F)F)c2)cn1.Cl. The Kier molecular flexibility index (Phi) is 9.12. The number of carbonyl (C=O) groups is 2. The Morgan fingerprint density at radius 2 is 1.98 bits per heavy atom. The topological polar surface area (TPSA) is 77.5 Å². The molecular formula is C30H34ClF3N2O4. The van der Waals surface area contributed by atoms with Gasteiger partial charge in [-0.15, -0.1) is 12.4 Å². The van der Waals surface area contributed by atoms with Crippen LogP contribution in [0, 0.1) is 29.6 Å². The molecule has 10 heteroatoms. The van der Waals surface area contributed by atoms with Crippen LogP contribution < -0.4 is 5.32 Å². The average Bonchev–Trinajstić information content (AvgIpc) is 3.19. The third kappa shape index (κ3) is 6.29. The van der Waals surface area contributed by atoms with Crippen molar-refractivity contribution in [2.45, 2.75) is 57.9 Å². The lowest BCUT2D eigenvalue weighted by atomic mass is 9.57. The van der Waals surface area contributed by atoms with Crippen molar-refractivity contribution in [2.24, 2.45) is 29.6 Å². The maximum Gasteiger partial charge on any atom is 0.416 e. The fourth-order valence-corrected chi connectivity index (χ4v) is 6.85. The van der Waals surface area contributed by atoms with E-state index in [9.17, 15) is 22.8 Å². The smallest absolute Gasteiger partial charge is 0.416 e. The number of nitrogens with one attached hydrogen (secondary N) is 1. The highest BCUT2D eigenvalue weighted by Crippen LogP contribution is 2.53. The molecule has 2 aromatic rings. The number of nitrogens with zero attached hydrogens (tertiary/aromatic N) is 1. The Hall–Kier alpha value is -3.07. The van der Waals surface area contributed by atoms with Crippen molar-refractivity contribution in [3.63, 3.8) is 0 Å². The third-order valence-electron chi connectivity index (χ3n) is 8.54. The zero-order valence-electron chi connectivity index (χ0n) is 22.4. The predicted octanol–water partition coefficient (Wildman–Crippen LogP) is 6.93. The maximum absolute atomic E-state index is 13.1. The minimum atomic E-state index is -4.40. The van der Waals surface area contributed by atoms with Crippen molar-refractivity contribution < 1.29 is 32.2 Å². The molecule has 216 valence electrons. The highest BCUT2D eigenvalue weighted by Gasteiger charge is 2.54. The van der Waals surface area contributed by atoms with Gasteiger partial charge < -0.3 is 14.8 Å². The summed E-state index contributed by atoms with van der Waals surface area (Å²) in [6, 6.07) is 8.79. The van der Waals surface area contributed by atoms with Crippen molar-refractivity contribution in [3.05, 3.63) is 59.9 Å². The quantitative estimate of drug-likeness (QED) is 0.389. The number of alkyl carbamates (subject to hydrolysis) is 1. The molecule has 3 aliphatic rings. The highest BCUT2D eigenvalue weighted by molar-refractivity contribution is 5.85. The Balaban J connectivity index is 0.00000370. The molecule has 1 amide bonds. The van der Waals surface area contributed by atoms with Gasteiger partial charge >= 0.3 is 18.2 Å². The summed E-state index contributed by atoms with van der Waals surface area (Å²) in [6.45, 7) is 4.05. The van der Waals surface area contributed by atoms with E-state index in [0.29, 0.717) is 29.3 Å². The van der Waals surface area contributed by atoms with Crippen molar-refractivity contribution >= 4 is 30.5 Å². The Morgan fingerprint density at radius 3 is 2.67 bits per heavy atom. The van der Waals surface area contributed by atoms with Crippen LogP contribution in [0.1, 0.15) is 50.8 Å². The molecule has 5 rings (SSSR count). The molecule has 6 nitrogen and oxygen atoms in total. The van der Waals surface area contributed by atoms with E-state index >= 15 is 0 Å². The molecule has 40 heavy (non-hydrogen) atoms. The van der Waals surface area contributed by atoms with Gasteiger partial charge in [0.2, 0.25) is 0 Å². The number of ether oxygens (including phenoxy) is 2. The number of cyclic esters (lactones) is 1. The number of allylic oxidation sites excluding steroid dienone is 1. The number of hydrogen-bond acceptors (Lipinski definition) is 5. The molecule has 1 saturated heterocycles. The summed E-state index contributed by atoms with van der Waals surface area (Å²) in [5.41, 5.74) is 1.06. The van der Waals surface area contributed by atoms with Crippen molar-refractivity contribution in [1.82, 2.24) is 10.3 Å². The number of aromatic nitrogens is 1. The fourth-order valence-electron chi connectivity index (χ4n) is 6.85. The van der Waals surface area contributed by atoms with Crippen LogP contribution in [0.15, 0.2) is 48.7 Å². The largest absolute Gasteiger partial charge is 0.462 e. The first kappa shape index (κ1) is 29.9. The number of rotatable bonds is 5. The van der Waals surface area contributed by atoms with Gasteiger partial charge in [0, 0.05) is 23.7 Å². The van der Waals surface area contributed by atoms with E-state index in [4.69, 9.17) is 9.47 Å². The summed E-state index contributed by atoms with van der Waals surface area (Å²) in [5, 5.41) is 2.97. The highest BCUT2D eigenvalue weighted by atomic mass is 35.5.